The van der Waals surface area contributed by atoms with Gasteiger partial charge in [-0.15, -0.1) is 0 Å². The molecule has 0 amide bonds. The van der Waals surface area contributed by atoms with Gasteiger partial charge in [0, 0.05) is 15.1 Å². The molecule has 2 aromatic rings. The van der Waals surface area contributed by atoms with Gasteiger partial charge in [0.15, 0.2) is 0 Å². The zero-order chi connectivity index (χ0) is 12.5. The highest BCUT2D eigenvalue weighted by Gasteiger charge is 2.18. The number of aromatic nitrogens is 2. The van der Waals surface area contributed by atoms with Gasteiger partial charge in [-0.3, -0.25) is 9.82 Å². The number of para-hydroxylation sites is 1. The third-order valence-corrected chi connectivity index (χ3v) is 4.62. The Kier molecular flexibility index (Phi) is 3.55. The maximum Gasteiger partial charge on any atom is 0.265 e. The number of H-pyrrole nitrogens is 1. The predicted octanol–water partition coefficient (Wildman–Crippen LogP) is 2.74. The molecule has 1 aromatic heterocycles. The Balaban J connectivity index is 2.40. The molecular formula is C9H7Br2N3O2S. The van der Waals surface area contributed by atoms with Crippen LogP contribution >= 0.6 is 31.9 Å². The average molecular weight is 381 g/mol. The van der Waals surface area contributed by atoms with E-state index >= 15 is 0 Å². The second-order valence-corrected chi connectivity index (χ2v) is 6.53. The number of aromatic amines is 1. The van der Waals surface area contributed by atoms with Gasteiger partial charge in [0.05, 0.1) is 11.9 Å². The lowest BCUT2D eigenvalue weighted by molar-refractivity contribution is 0.601. The van der Waals surface area contributed by atoms with E-state index < -0.39 is 10.0 Å². The lowest BCUT2D eigenvalue weighted by Gasteiger charge is -2.09. The topological polar surface area (TPSA) is 74.8 Å². The van der Waals surface area contributed by atoms with Crippen molar-refractivity contribution in [1.82, 2.24) is 10.2 Å². The number of benzene rings is 1. The monoisotopic (exact) mass is 379 g/mol. The normalized spacial score (nSPS) is 11.4. The summed E-state index contributed by atoms with van der Waals surface area (Å²) < 4.78 is 27.7. The van der Waals surface area contributed by atoms with Crippen LogP contribution in [0.1, 0.15) is 0 Å². The van der Waals surface area contributed by atoms with E-state index in [2.05, 4.69) is 46.8 Å². The van der Waals surface area contributed by atoms with Gasteiger partial charge in [0.25, 0.3) is 10.0 Å². The molecule has 0 saturated heterocycles. The van der Waals surface area contributed by atoms with Gasteiger partial charge in [0.2, 0.25) is 0 Å². The zero-order valence-electron chi connectivity index (χ0n) is 8.31. The SMILES string of the molecule is O=S(=O)(Nc1c(Br)cccc1Br)c1cn[nH]c1. The van der Waals surface area contributed by atoms with Crippen molar-refractivity contribution in [3.8, 4) is 0 Å². The van der Waals surface area contributed by atoms with E-state index in [1.54, 1.807) is 18.2 Å². The molecule has 1 aromatic carbocycles. The first-order valence-electron chi connectivity index (χ1n) is 4.46. The number of nitrogens with zero attached hydrogens (tertiary/aromatic N) is 1. The molecule has 0 bridgehead atoms. The quantitative estimate of drug-likeness (QED) is 0.859. The first-order chi connectivity index (χ1) is 8.00. The molecular weight excluding hydrogens is 374 g/mol. The number of hydrogen-bond acceptors (Lipinski definition) is 3. The highest BCUT2D eigenvalue weighted by molar-refractivity contribution is 9.11. The van der Waals surface area contributed by atoms with Crippen LogP contribution in [-0.2, 0) is 10.0 Å². The van der Waals surface area contributed by atoms with Crippen LogP contribution < -0.4 is 4.72 Å². The molecule has 0 aliphatic carbocycles. The summed E-state index contributed by atoms with van der Waals surface area (Å²) in [4.78, 5) is 0.0835. The molecule has 0 spiro atoms. The van der Waals surface area contributed by atoms with Crippen molar-refractivity contribution in [1.29, 1.82) is 0 Å². The molecule has 1 heterocycles. The van der Waals surface area contributed by atoms with Crippen molar-refractivity contribution in [2.45, 2.75) is 4.90 Å². The summed E-state index contributed by atoms with van der Waals surface area (Å²) >= 11 is 6.57. The standard InChI is InChI=1S/C9H7Br2N3O2S/c10-7-2-1-3-8(11)9(7)14-17(15,16)6-4-12-13-5-6/h1-5,14H,(H,12,13). The fraction of sp³-hybridized carbons (Fsp3) is 0. The molecule has 0 fully saturated rings. The van der Waals surface area contributed by atoms with E-state index in [0.29, 0.717) is 14.6 Å². The number of nitrogens with one attached hydrogen (secondary N) is 2. The minimum atomic E-state index is -3.62. The maximum absolute atomic E-state index is 12.0. The van der Waals surface area contributed by atoms with Crippen molar-refractivity contribution in [2.75, 3.05) is 4.72 Å². The molecule has 2 rings (SSSR count). The molecule has 0 aliphatic rings. The first-order valence-corrected chi connectivity index (χ1v) is 7.53. The van der Waals surface area contributed by atoms with E-state index in [4.69, 9.17) is 0 Å². The highest BCUT2D eigenvalue weighted by Crippen LogP contribution is 2.32. The minimum absolute atomic E-state index is 0.0835. The Morgan fingerprint density at radius 2 is 1.88 bits per heavy atom. The number of anilines is 1. The Morgan fingerprint density at radius 3 is 2.41 bits per heavy atom. The van der Waals surface area contributed by atoms with Gasteiger partial charge in [-0.2, -0.15) is 5.10 Å². The molecule has 0 atom stereocenters. The second-order valence-electron chi connectivity index (χ2n) is 3.14. The van der Waals surface area contributed by atoms with Crippen LogP contribution in [-0.4, -0.2) is 18.6 Å². The van der Waals surface area contributed by atoms with Gasteiger partial charge in [-0.05, 0) is 44.0 Å². The van der Waals surface area contributed by atoms with Crippen LogP contribution in [0.2, 0.25) is 0 Å². The Labute approximate surface area is 115 Å². The number of halogens is 2. The van der Waals surface area contributed by atoms with Crippen molar-refractivity contribution >= 4 is 47.6 Å². The number of rotatable bonds is 3. The van der Waals surface area contributed by atoms with Gasteiger partial charge in [0.1, 0.15) is 4.90 Å². The summed E-state index contributed by atoms with van der Waals surface area (Å²) in [6.07, 6.45) is 2.56. The molecule has 5 nitrogen and oxygen atoms in total. The van der Waals surface area contributed by atoms with Gasteiger partial charge in [-0.25, -0.2) is 8.42 Å². The summed E-state index contributed by atoms with van der Waals surface area (Å²) in [5.41, 5.74) is 0.453. The molecule has 0 saturated carbocycles. The van der Waals surface area contributed by atoms with E-state index in [9.17, 15) is 8.42 Å². The zero-order valence-corrected chi connectivity index (χ0v) is 12.3. The van der Waals surface area contributed by atoms with Crippen LogP contribution in [0.25, 0.3) is 0 Å². The van der Waals surface area contributed by atoms with E-state index in [0.717, 1.165) is 0 Å². The van der Waals surface area contributed by atoms with Crippen LogP contribution in [0.3, 0.4) is 0 Å². The maximum atomic E-state index is 12.0. The second kappa shape index (κ2) is 4.79. The van der Waals surface area contributed by atoms with Crippen molar-refractivity contribution in [3.63, 3.8) is 0 Å². The summed E-state index contributed by atoms with van der Waals surface area (Å²) in [5, 5.41) is 6.07. The molecule has 0 radical (unpaired) electrons. The van der Waals surface area contributed by atoms with E-state index in [-0.39, 0.29) is 4.90 Å². The van der Waals surface area contributed by atoms with E-state index in [1.807, 2.05) is 0 Å². The third kappa shape index (κ3) is 2.70. The van der Waals surface area contributed by atoms with Crippen molar-refractivity contribution in [3.05, 3.63) is 39.5 Å². The van der Waals surface area contributed by atoms with Crippen molar-refractivity contribution < 1.29 is 8.42 Å². The Hall–Kier alpha value is -0.860. The summed E-state index contributed by atoms with van der Waals surface area (Å²) in [5.74, 6) is 0. The molecule has 0 unspecified atom stereocenters. The van der Waals surface area contributed by atoms with Gasteiger partial charge < -0.3 is 0 Å². The van der Waals surface area contributed by atoms with Crippen LogP contribution in [0.5, 0.6) is 0 Å². The Bertz CT molecular complexity index is 605. The molecule has 17 heavy (non-hydrogen) atoms. The number of hydrogen-bond donors (Lipinski definition) is 2. The average Bonchev–Trinajstić information content (AvgIpc) is 2.77. The van der Waals surface area contributed by atoms with Crippen LogP contribution in [0, 0.1) is 0 Å². The first kappa shape index (κ1) is 12.6. The molecule has 2 N–H and O–H groups in total. The van der Waals surface area contributed by atoms with Gasteiger partial charge in [-0.1, -0.05) is 6.07 Å². The summed E-state index contributed by atoms with van der Waals surface area (Å²) in [6.45, 7) is 0. The number of sulfonamides is 1. The fourth-order valence-electron chi connectivity index (χ4n) is 1.17. The molecule has 90 valence electrons. The summed E-state index contributed by atoms with van der Waals surface area (Å²) in [7, 11) is -3.62. The van der Waals surface area contributed by atoms with Crippen molar-refractivity contribution in [2.24, 2.45) is 0 Å². The van der Waals surface area contributed by atoms with E-state index in [1.165, 1.54) is 12.4 Å². The van der Waals surface area contributed by atoms with Crippen LogP contribution in [0.15, 0.2) is 44.4 Å². The lowest BCUT2D eigenvalue weighted by Crippen LogP contribution is -2.13. The molecule has 8 heteroatoms. The minimum Gasteiger partial charge on any atom is -0.284 e. The Morgan fingerprint density at radius 1 is 1.24 bits per heavy atom. The fourth-order valence-corrected chi connectivity index (χ4v) is 3.64. The smallest absolute Gasteiger partial charge is 0.265 e. The van der Waals surface area contributed by atoms with Gasteiger partial charge >= 0.3 is 0 Å². The third-order valence-electron chi connectivity index (χ3n) is 1.98. The predicted molar refractivity (Wildman–Crippen MR) is 71.2 cm³/mol. The summed E-state index contributed by atoms with van der Waals surface area (Å²) in [6, 6.07) is 5.29. The highest BCUT2D eigenvalue weighted by atomic mass is 79.9. The molecule has 0 aliphatic heterocycles. The van der Waals surface area contributed by atoms with Crippen LogP contribution in [0.4, 0.5) is 5.69 Å². The largest absolute Gasteiger partial charge is 0.284 e. The lowest BCUT2D eigenvalue weighted by atomic mass is 10.3.